The number of rotatable bonds is 5. The first-order chi connectivity index (χ1) is 9.58. The molecule has 0 radical (unpaired) electrons. The van der Waals surface area contributed by atoms with Crippen LogP contribution in [-0.4, -0.2) is 36.0 Å². The van der Waals surface area contributed by atoms with E-state index >= 15 is 0 Å². The molecule has 1 aliphatic rings. The number of likely N-dealkylation sites (tertiary alicyclic amines) is 1. The zero-order valence-electron chi connectivity index (χ0n) is 12.9. The second-order valence-corrected chi connectivity index (χ2v) is 6.02. The van der Waals surface area contributed by atoms with Gasteiger partial charge in [0.1, 0.15) is 0 Å². The number of hydrogen-bond donors (Lipinski definition) is 1. The van der Waals surface area contributed by atoms with E-state index in [1.54, 1.807) is 0 Å². The average molecular weight is 274 g/mol. The summed E-state index contributed by atoms with van der Waals surface area (Å²) < 4.78 is 0. The first-order valence-electron chi connectivity index (χ1n) is 7.67. The zero-order valence-corrected chi connectivity index (χ0v) is 12.9. The van der Waals surface area contributed by atoms with Crippen LogP contribution in [-0.2, 0) is 11.2 Å². The fourth-order valence-electron chi connectivity index (χ4n) is 2.87. The summed E-state index contributed by atoms with van der Waals surface area (Å²) in [7, 11) is 0. The van der Waals surface area contributed by atoms with E-state index in [1.807, 2.05) is 4.90 Å². The van der Waals surface area contributed by atoms with Crippen LogP contribution < -0.4 is 5.32 Å². The smallest absolute Gasteiger partial charge is 0.239 e. The Bertz CT molecular complexity index is 456. The molecule has 1 fully saturated rings. The van der Waals surface area contributed by atoms with Crippen LogP contribution in [0.1, 0.15) is 37.8 Å². The minimum absolute atomic E-state index is 0.0145. The predicted octanol–water partition coefficient (Wildman–Crippen LogP) is 2.53. The molecule has 1 aliphatic heterocycles. The lowest BCUT2D eigenvalue weighted by Gasteiger charge is -2.33. The SMILES string of the molecule is Cc1ccccc1CCN1CCCC(NC(C)C)C1=O. The molecule has 2 rings (SSSR count). The van der Waals surface area contributed by atoms with E-state index in [9.17, 15) is 4.79 Å². The second-order valence-electron chi connectivity index (χ2n) is 6.02. The molecule has 20 heavy (non-hydrogen) atoms. The summed E-state index contributed by atoms with van der Waals surface area (Å²) in [4.78, 5) is 14.5. The van der Waals surface area contributed by atoms with Gasteiger partial charge in [0.2, 0.25) is 5.91 Å². The predicted molar refractivity (Wildman–Crippen MR) is 82.8 cm³/mol. The van der Waals surface area contributed by atoms with Gasteiger partial charge < -0.3 is 10.2 Å². The van der Waals surface area contributed by atoms with E-state index in [1.165, 1.54) is 11.1 Å². The van der Waals surface area contributed by atoms with Crippen LogP contribution in [0.3, 0.4) is 0 Å². The van der Waals surface area contributed by atoms with Crippen LogP contribution in [0, 0.1) is 6.92 Å². The van der Waals surface area contributed by atoms with Crippen molar-refractivity contribution in [1.29, 1.82) is 0 Å². The standard InChI is InChI=1S/C17H26N2O/c1-13(2)18-16-9-6-11-19(17(16)20)12-10-15-8-5-4-7-14(15)3/h4-5,7-8,13,16,18H,6,9-12H2,1-3H3. The third-order valence-corrected chi connectivity index (χ3v) is 3.98. The highest BCUT2D eigenvalue weighted by atomic mass is 16.2. The van der Waals surface area contributed by atoms with Gasteiger partial charge in [0.15, 0.2) is 0 Å². The number of hydrogen-bond acceptors (Lipinski definition) is 2. The summed E-state index contributed by atoms with van der Waals surface area (Å²) in [5.41, 5.74) is 2.66. The van der Waals surface area contributed by atoms with Gasteiger partial charge in [0.05, 0.1) is 6.04 Å². The lowest BCUT2D eigenvalue weighted by molar-refractivity contribution is -0.136. The molecule has 0 saturated carbocycles. The van der Waals surface area contributed by atoms with Crippen molar-refractivity contribution in [3.8, 4) is 0 Å². The highest BCUT2D eigenvalue weighted by molar-refractivity contribution is 5.82. The maximum absolute atomic E-state index is 12.4. The largest absolute Gasteiger partial charge is 0.341 e. The van der Waals surface area contributed by atoms with Gasteiger partial charge >= 0.3 is 0 Å². The Hall–Kier alpha value is -1.35. The Kier molecular flexibility index (Phi) is 5.18. The van der Waals surface area contributed by atoms with Crippen LogP contribution in [0.5, 0.6) is 0 Å². The summed E-state index contributed by atoms with van der Waals surface area (Å²) in [6.07, 6.45) is 3.02. The van der Waals surface area contributed by atoms with Crippen LogP contribution in [0.15, 0.2) is 24.3 Å². The van der Waals surface area contributed by atoms with Gasteiger partial charge in [0, 0.05) is 19.1 Å². The summed E-state index contributed by atoms with van der Waals surface area (Å²) in [5.74, 6) is 0.276. The van der Waals surface area contributed by atoms with Gasteiger partial charge in [-0.1, -0.05) is 38.1 Å². The van der Waals surface area contributed by atoms with Crippen molar-refractivity contribution in [2.45, 2.75) is 52.1 Å². The molecule has 1 saturated heterocycles. The molecule has 0 spiro atoms. The number of nitrogens with zero attached hydrogens (tertiary/aromatic N) is 1. The molecule has 1 aromatic carbocycles. The van der Waals surface area contributed by atoms with Crippen molar-refractivity contribution < 1.29 is 4.79 Å². The topological polar surface area (TPSA) is 32.3 Å². The van der Waals surface area contributed by atoms with E-state index in [0.717, 1.165) is 32.4 Å². The number of piperidine rings is 1. The molecule has 1 aromatic rings. The van der Waals surface area contributed by atoms with Crippen molar-refractivity contribution >= 4 is 5.91 Å². The van der Waals surface area contributed by atoms with Crippen molar-refractivity contribution in [3.05, 3.63) is 35.4 Å². The highest BCUT2D eigenvalue weighted by Crippen LogP contribution is 2.14. The van der Waals surface area contributed by atoms with Crippen molar-refractivity contribution in [3.63, 3.8) is 0 Å². The molecule has 1 atom stereocenters. The summed E-state index contributed by atoms with van der Waals surface area (Å²) in [6, 6.07) is 8.81. The Morgan fingerprint density at radius 2 is 2.10 bits per heavy atom. The summed E-state index contributed by atoms with van der Waals surface area (Å²) >= 11 is 0. The third-order valence-electron chi connectivity index (χ3n) is 3.98. The summed E-state index contributed by atoms with van der Waals surface area (Å²) in [6.45, 7) is 8.07. The molecule has 3 heteroatoms. The number of aryl methyl sites for hydroxylation is 1. The van der Waals surface area contributed by atoms with Gasteiger partial charge in [-0.05, 0) is 37.3 Å². The zero-order chi connectivity index (χ0) is 14.5. The van der Waals surface area contributed by atoms with Gasteiger partial charge in [-0.3, -0.25) is 4.79 Å². The fourth-order valence-corrected chi connectivity index (χ4v) is 2.87. The molecule has 1 heterocycles. The normalized spacial score (nSPS) is 19.7. The number of benzene rings is 1. The van der Waals surface area contributed by atoms with Crippen molar-refractivity contribution in [1.82, 2.24) is 10.2 Å². The van der Waals surface area contributed by atoms with Crippen LogP contribution >= 0.6 is 0 Å². The number of amides is 1. The van der Waals surface area contributed by atoms with Crippen LogP contribution in [0.25, 0.3) is 0 Å². The molecule has 3 nitrogen and oxygen atoms in total. The van der Waals surface area contributed by atoms with Gasteiger partial charge in [-0.25, -0.2) is 0 Å². The maximum Gasteiger partial charge on any atom is 0.239 e. The quantitative estimate of drug-likeness (QED) is 0.895. The van der Waals surface area contributed by atoms with E-state index in [4.69, 9.17) is 0 Å². The Labute approximate surface area is 122 Å². The first kappa shape index (κ1) is 15.0. The lowest BCUT2D eigenvalue weighted by Crippen LogP contribution is -2.52. The van der Waals surface area contributed by atoms with Gasteiger partial charge in [-0.15, -0.1) is 0 Å². The minimum atomic E-state index is 0.0145. The summed E-state index contributed by atoms with van der Waals surface area (Å²) in [5, 5.41) is 3.38. The molecule has 1 N–H and O–H groups in total. The van der Waals surface area contributed by atoms with E-state index in [2.05, 4.69) is 50.4 Å². The average Bonchev–Trinajstić information content (AvgIpc) is 2.41. The molecule has 0 bridgehead atoms. The second kappa shape index (κ2) is 6.89. The Morgan fingerprint density at radius 3 is 2.80 bits per heavy atom. The molecule has 110 valence electrons. The van der Waals surface area contributed by atoms with Crippen molar-refractivity contribution in [2.75, 3.05) is 13.1 Å². The van der Waals surface area contributed by atoms with Crippen LogP contribution in [0.2, 0.25) is 0 Å². The lowest BCUT2D eigenvalue weighted by atomic mass is 10.0. The van der Waals surface area contributed by atoms with Crippen molar-refractivity contribution in [2.24, 2.45) is 0 Å². The van der Waals surface area contributed by atoms with Gasteiger partial charge in [0.25, 0.3) is 0 Å². The molecule has 0 aromatic heterocycles. The highest BCUT2D eigenvalue weighted by Gasteiger charge is 2.28. The van der Waals surface area contributed by atoms with E-state index in [0.29, 0.717) is 6.04 Å². The molecule has 0 aliphatic carbocycles. The maximum atomic E-state index is 12.4. The Balaban J connectivity index is 1.92. The number of carbonyl (C=O) groups excluding carboxylic acids is 1. The first-order valence-corrected chi connectivity index (χ1v) is 7.67. The monoisotopic (exact) mass is 274 g/mol. The fraction of sp³-hybridized carbons (Fsp3) is 0.588. The molecule has 1 amide bonds. The van der Waals surface area contributed by atoms with Crippen LogP contribution in [0.4, 0.5) is 0 Å². The van der Waals surface area contributed by atoms with E-state index in [-0.39, 0.29) is 11.9 Å². The third kappa shape index (κ3) is 3.83. The molecular weight excluding hydrogens is 248 g/mol. The van der Waals surface area contributed by atoms with Gasteiger partial charge in [-0.2, -0.15) is 0 Å². The Morgan fingerprint density at radius 1 is 1.35 bits per heavy atom. The number of nitrogens with one attached hydrogen (secondary N) is 1. The molecule has 1 unspecified atom stereocenters. The minimum Gasteiger partial charge on any atom is -0.341 e. The number of carbonyl (C=O) groups is 1. The molecular formula is C17H26N2O. The van der Waals surface area contributed by atoms with E-state index < -0.39 is 0 Å².